The normalized spacial score (nSPS) is 11.4. The molecule has 1 heterocycles. The standard InChI is InChI=1S/C19H22N4O3S/c1-5-27(24,25)14-7-9-18(23(2)3)17(11-14)22-19-15-10-13(26-4)6-8-16(15)20-12-21-19/h6-12H,5H2,1-4H3,(H,20,21,22). The highest BCUT2D eigenvalue weighted by Crippen LogP contribution is 2.33. The second-order valence-electron chi connectivity index (χ2n) is 6.21. The molecule has 0 aliphatic rings. The van der Waals surface area contributed by atoms with Gasteiger partial charge in [-0.3, -0.25) is 0 Å². The molecule has 3 rings (SSSR count). The third-order valence-electron chi connectivity index (χ3n) is 4.28. The minimum absolute atomic E-state index is 0.0430. The molecule has 2 aromatic carbocycles. The topological polar surface area (TPSA) is 84.4 Å². The average Bonchev–Trinajstić information content (AvgIpc) is 2.67. The first kappa shape index (κ1) is 18.9. The van der Waals surface area contributed by atoms with Gasteiger partial charge in [0, 0.05) is 19.5 Å². The van der Waals surface area contributed by atoms with Crippen LogP contribution in [0, 0.1) is 0 Å². The summed E-state index contributed by atoms with van der Waals surface area (Å²) in [6.07, 6.45) is 1.47. The summed E-state index contributed by atoms with van der Waals surface area (Å²) in [6, 6.07) is 10.6. The second kappa shape index (κ2) is 7.40. The van der Waals surface area contributed by atoms with Gasteiger partial charge in [0.25, 0.3) is 0 Å². The Hall–Kier alpha value is -2.87. The Kier molecular flexibility index (Phi) is 5.18. The Morgan fingerprint density at radius 1 is 1.11 bits per heavy atom. The number of methoxy groups -OCH3 is 1. The van der Waals surface area contributed by atoms with Gasteiger partial charge in [-0.1, -0.05) is 6.92 Å². The SMILES string of the molecule is CCS(=O)(=O)c1ccc(N(C)C)c(Nc2ncnc3ccc(OC)cc23)c1. The predicted octanol–water partition coefficient (Wildman–Crippen LogP) is 3.24. The molecule has 27 heavy (non-hydrogen) atoms. The zero-order chi connectivity index (χ0) is 19.6. The van der Waals surface area contributed by atoms with Crippen LogP contribution in [0.3, 0.4) is 0 Å². The Morgan fingerprint density at radius 2 is 1.89 bits per heavy atom. The Morgan fingerprint density at radius 3 is 2.56 bits per heavy atom. The van der Waals surface area contributed by atoms with Gasteiger partial charge in [0.15, 0.2) is 9.84 Å². The monoisotopic (exact) mass is 386 g/mol. The van der Waals surface area contributed by atoms with Gasteiger partial charge in [-0.05, 0) is 36.4 Å². The molecule has 1 N–H and O–H groups in total. The largest absolute Gasteiger partial charge is 0.497 e. The second-order valence-corrected chi connectivity index (χ2v) is 8.49. The summed E-state index contributed by atoms with van der Waals surface area (Å²) in [6.45, 7) is 1.63. The number of hydrogen-bond acceptors (Lipinski definition) is 7. The average molecular weight is 386 g/mol. The number of fused-ring (bicyclic) bond motifs is 1. The quantitative estimate of drug-likeness (QED) is 0.696. The van der Waals surface area contributed by atoms with Gasteiger partial charge < -0.3 is 15.0 Å². The van der Waals surface area contributed by atoms with Crippen molar-refractivity contribution in [3.63, 3.8) is 0 Å². The zero-order valence-corrected chi connectivity index (χ0v) is 16.5. The van der Waals surface area contributed by atoms with Crippen molar-refractivity contribution < 1.29 is 13.2 Å². The molecule has 0 amide bonds. The van der Waals surface area contributed by atoms with E-state index in [2.05, 4.69) is 15.3 Å². The van der Waals surface area contributed by atoms with Crippen LogP contribution in [0.1, 0.15) is 6.92 Å². The molecule has 0 aliphatic carbocycles. The zero-order valence-electron chi connectivity index (χ0n) is 15.7. The third-order valence-corrected chi connectivity index (χ3v) is 6.02. The molecule has 0 bridgehead atoms. The van der Waals surface area contributed by atoms with Gasteiger partial charge in [0.2, 0.25) is 0 Å². The molecule has 3 aromatic rings. The van der Waals surface area contributed by atoms with E-state index in [0.29, 0.717) is 17.3 Å². The highest BCUT2D eigenvalue weighted by atomic mass is 32.2. The number of nitrogens with one attached hydrogen (secondary N) is 1. The summed E-state index contributed by atoms with van der Waals surface area (Å²) in [7, 11) is 2.08. The summed E-state index contributed by atoms with van der Waals surface area (Å²) in [5.41, 5.74) is 2.26. The van der Waals surface area contributed by atoms with Crippen molar-refractivity contribution in [2.45, 2.75) is 11.8 Å². The molecule has 1 aromatic heterocycles. The van der Waals surface area contributed by atoms with Crippen molar-refractivity contribution in [3.05, 3.63) is 42.7 Å². The number of benzene rings is 2. The fourth-order valence-electron chi connectivity index (χ4n) is 2.76. The van der Waals surface area contributed by atoms with Gasteiger partial charge in [-0.25, -0.2) is 18.4 Å². The summed E-state index contributed by atoms with van der Waals surface area (Å²) < 4.78 is 29.9. The first-order chi connectivity index (χ1) is 12.9. The van der Waals surface area contributed by atoms with E-state index in [1.807, 2.05) is 37.2 Å². The van der Waals surface area contributed by atoms with Crippen molar-refractivity contribution in [1.82, 2.24) is 9.97 Å². The van der Waals surface area contributed by atoms with E-state index in [0.717, 1.165) is 16.6 Å². The number of sulfone groups is 1. The van der Waals surface area contributed by atoms with Gasteiger partial charge in [0.1, 0.15) is 17.9 Å². The maximum absolute atomic E-state index is 12.3. The van der Waals surface area contributed by atoms with Crippen LogP contribution in [-0.2, 0) is 9.84 Å². The van der Waals surface area contributed by atoms with Crippen LogP contribution in [0.5, 0.6) is 5.75 Å². The molecular weight excluding hydrogens is 364 g/mol. The lowest BCUT2D eigenvalue weighted by Crippen LogP contribution is -2.13. The summed E-state index contributed by atoms with van der Waals surface area (Å²) in [5, 5.41) is 4.05. The van der Waals surface area contributed by atoms with E-state index >= 15 is 0 Å². The summed E-state index contributed by atoms with van der Waals surface area (Å²) >= 11 is 0. The number of nitrogens with zero attached hydrogens (tertiary/aromatic N) is 3. The van der Waals surface area contributed by atoms with E-state index in [4.69, 9.17) is 4.74 Å². The molecule has 7 nitrogen and oxygen atoms in total. The highest BCUT2D eigenvalue weighted by Gasteiger charge is 2.16. The van der Waals surface area contributed by atoms with Crippen molar-refractivity contribution in [2.75, 3.05) is 37.2 Å². The van der Waals surface area contributed by atoms with Crippen molar-refractivity contribution in [3.8, 4) is 5.75 Å². The van der Waals surface area contributed by atoms with E-state index in [9.17, 15) is 8.42 Å². The number of hydrogen-bond donors (Lipinski definition) is 1. The van der Waals surface area contributed by atoms with Crippen LogP contribution in [0.15, 0.2) is 47.6 Å². The molecule has 0 radical (unpaired) electrons. The van der Waals surface area contributed by atoms with E-state index in [1.54, 1.807) is 32.2 Å². The molecule has 8 heteroatoms. The molecule has 0 aliphatic heterocycles. The first-order valence-corrected chi connectivity index (χ1v) is 10.1. The molecule has 142 valence electrons. The van der Waals surface area contributed by atoms with E-state index in [1.165, 1.54) is 6.33 Å². The lowest BCUT2D eigenvalue weighted by Gasteiger charge is -2.20. The van der Waals surface area contributed by atoms with Gasteiger partial charge in [-0.2, -0.15) is 0 Å². The van der Waals surface area contributed by atoms with Crippen molar-refractivity contribution >= 4 is 37.9 Å². The minimum Gasteiger partial charge on any atom is -0.497 e. The molecule has 0 unspecified atom stereocenters. The maximum Gasteiger partial charge on any atom is 0.178 e. The summed E-state index contributed by atoms with van der Waals surface area (Å²) in [5.74, 6) is 1.31. The van der Waals surface area contributed by atoms with Crippen LogP contribution in [-0.4, -0.2) is 45.3 Å². The van der Waals surface area contributed by atoms with Gasteiger partial charge in [-0.15, -0.1) is 0 Å². The lowest BCUT2D eigenvalue weighted by atomic mass is 10.2. The number of rotatable bonds is 6. The fraction of sp³-hybridized carbons (Fsp3) is 0.263. The van der Waals surface area contributed by atoms with Crippen LogP contribution in [0.4, 0.5) is 17.2 Å². The predicted molar refractivity (Wildman–Crippen MR) is 108 cm³/mol. The molecule has 0 saturated carbocycles. The van der Waals surface area contributed by atoms with Crippen molar-refractivity contribution in [1.29, 1.82) is 0 Å². The molecular formula is C19H22N4O3S. The van der Waals surface area contributed by atoms with E-state index < -0.39 is 9.84 Å². The van der Waals surface area contributed by atoms with E-state index in [-0.39, 0.29) is 10.6 Å². The highest BCUT2D eigenvalue weighted by molar-refractivity contribution is 7.91. The van der Waals surface area contributed by atoms with Crippen LogP contribution in [0.25, 0.3) is 10.9 Å². The fourth-order valence-corrected chi connectivity index (χ4v) is 3.66. The molecule has 0 atom stereocenters. The van der Waals surface area contributed by atoms with Gasteiger partial charge in [0.05, 0.1) is 34.6 Å². The Bertz CT molecular complexity index is 1080. The van der Waals surface area contributed by atoms with Gasteiger partial charge >= 0.3 is 0 Å². The number of aromatic nitrogens is 2. The minimum atomic E-state index is -3.32. The number of ether oxygens (including phenoxy) is 1. The summed E-state index contributed by atoms with van der Waals surface area (Å²) in [4.78, 5) is 10.8. The Balaban J connectivity index is 2.14. The smallest absolute Gasteiger partial charge is 0.178 e. The first-order valence-electron chi connectivity index (χ1n) is 8.45. The third kappa shape index (κ3) is 3.80. The molecule has 0 fully saturated rings. The number of anilines is 3. The van der Waals surface area contributed by atoms with Crippen LogP contribution >= 0.6 is 0 Å². The maximum atomic E-state index is 12.3. The van der Waals surface area contributed by atoms with Crippen molar-refractivity contribution in [2.24, 2.45) is 0 Å². The van der Waals surface area contributed by atoms with Crippen LogP contribution in [0.2, 0.25) is 0 Å². The molecule has 0 spiro atoms. The molecule has 0 saturated heterocycles. The lowest BCUT2D eigenvalue weighted by molar-refractivity contribution is 0.415. The van der Waals surface area contributed by atoms with Crippen LogP contribution < -0.4 is 15.0 Å². The Labute approximate surface area is 158 Å².